The summed E-state index contributed by atoms with van der Waals surface area (Å²) in [5.41, 5.74) is -0.167. The van der Waals surface area contributed by atoms with Gasteiger partial charge in [-0.3, -0.25) is 4.79 Å². The van der Waals surface area contributed by atoms with Crippen LogP contribution in [0.25, 0.3) is 0 Å². The molecule has 20 heavy (non-hydrogen) atoms. The molecule has 1 aromatic rings. The van der Waals surface area contributed by atoms with E-state index in [1.807, 2.05) is 20.8 Å². The molecule has 0 spiro atoms. The van der Waals surface area contributed by atoms with Gasteiger partial charge in [0.15, 0.2) is 0 Å². The Morgan fingerprint density at radius 2 is 1.80 bits per heavy atom. The van der Waals surface area contributed by atoms with Crippen molar-refractivity contribution in [2.24, 2.45) is 5.41 Å². The van der Waals surface area contributed by atoms with E-state index < -0.39 is 22.0 Å². The summed E-state index contributed by atoms with van der Waals surface area (Å²) in [6, 6.07) is 7.32. The molecular formula is C14H21NO4S. The summed E-state index contributed by atoms with van der Waals surface area (Å²) in [6.45, 7) is 5.83. The molecule has 0 bridgehead atoms. The molecule has 0 aliphatic rings. The molecule has 1 rings (SSSR count). The molecule has 0 heterocycles. The van der Waals surface area contributed by atoms with Gasteiger partial charge in [0.1, 0.15) is 0 Å². The normalized spacial score (nSPS) is 13.9. The minimum absolute atomic E-state index is 0.143. The SMILES string of the molecule is CC(C)(C)CC(CC(=O)O)NS(=O)(=O)c1ccccc1. The Balaban J connectivity index is 2.91. The van der Waals surface area contributed by atoms with E-state index in [0.717, 1.165) is 0 Å². The smallest absolute Gasteiger partial charge is 0.304 e. The van der Waals surface area contributed by atoms with Crippen LogP contribution in [0.5, 0.6) is 0 Å². The number of aliphatic carboxylic acids is 1. The molecule has 0 fully saturated rings. The molecule has 0 saturated heterocycles. The summed E-state index contributed by atoms with van der Waals surface area (Å²) in [5.74, 6) is -1.02. The molecule has 0 saturated carbocycles. The lowest BCUT2D eigenvalue weighted by molar-refractivity contribution is -0.137. The zero-order valence-electron chi connectivity index (χ0n) is 12.0. The minimum Gasteiger partial charge on any atom is -0.481 e. The average Bonchev–Trinajstić information content (AvgIpc) is 2.26. The van der Waals surface area contributed by atoms with Crippen molar-refractivity contribution in [1.82, 2.24) is 4.72 Å². The van der Waals surface area contributed by atoms with Crippen LogP contribution in [0.3, 0.4) is 0 Å². The van der Waals surface area contributed by atoms with Crippen molar-refractivity contribution in [2.45, 2.75) is 44.6 Å². The Kier molecular flexibility index (Phi) is 5.30. The molecule has 6 heteroatoms. The number of hydrogen-bond donors (Lipinski definition) is 2. The molecule has 5 nitrogen and oxygen atoms in total. The Bertz CT molecular complexity index is 546. The van der Waals surface area contributed by atoms with E-state index in [9.17, 15) is 13.2 Å². The van der Waals surface area contributed by atoms with Crippen LogP contribution in [0.15, 0.2) is 35.2 Å². The Hall–Kier alpha value is -1.40. The number of sulfonamides is 1. The van der Waals surface area contributed by atoms with Crippen LogP contribution in [0, 0.1) is 5.41 Å². The molecule has 1 aromatic carbocycles. The van der Waals surface area contributed by atoms with E-state index in [-0.39, 0.29) is 16.7 Å². The van der Waals surface area contributed by atoms with Crippen LogP contribution in [-0.4, -0.2) is 25.5 Å². The molecule has 0 aromatic heterocycles. The first kappa shape index (κ1) is 16.7. The van der Waals surface area contributed by atoms with Gasteiger partial charge < -0.3 is 5.11 Å². The minimum atomic E-state index is -3.69. The van der Waals surface area contributed by atoms with Crippen LogP contribution < -0.4 is 4.72 Å². The third-order valence-corrected chi connectivity index (χ3v) is 4.19. The Morgan fingerprint density at radius 1 is 1.25 bits per heavy atom. The second-order valence-corrected chi connectivity index (χ2v) is 7.71. The molecule has 112 valence electrons. The van der Waals surface area contributed by atoms with Gasteiger partial charge in [-0.2, -0.15) is 0 Å². The summed E-state index contributed by atoms with van der Waals surface area (Å²) >= 11 is 0. The highest BCUT2D eigenvalue weighted by molar-refractivity contribution is 7.89. The topological polar surface area (TPSA) is 83.5 Å². The summed E-state index contributed by atoms with van der Waals surface area (Å²) < 4.78 is 26.9. The number of nitrogens with one attached hydrogen (secondary N) is 1. The maximum atomic E-state index is 12.2. The van der Waals surface area contributed by atoms with Gasteiger partial charge in [-0.1, -0.05) is 39.0 Å². The first-order valence-corrected chi connectivity index (χ1v) is 7.88. The van der Waals surface area contributed by atoms with Crippen molar-refractivity contribution in [3.63, 3.8) is 0 Å². The summed E-state index contributed by atoms with van der Waals surface area (Å²) in [6.07, 6.45) is 0.217. The summed E-state index contributed by atoms with van der Waals surface area (Å²) in [4.78, 5) is 11.0. The molecule has 0 aliphatic heterocycles. The largest absolute Gasteiger partial charge is 0.481 e. The van der Waals surface area contributed by atoms with Crippen LogP contribution in [0.2, 0.25) is 0 Å². The molecule has 0 amide bonds. The quantitative estimate of drug-likeness (QED) is 0.844. The molecule has 2 N–H and O–H groups in total. The maximum absolute atomic E-state index is 12.2. The summed E-state index contributed by atoms with van der Waals surface area (Å²) in [5, 5.41) is 8.91. The van der Waals surface area contributed by atoms with Gasteiger partial charge in [-0.05, 0) is 24.0 Å². The fourth-order valence-electron chi connectivity index (χ4n) is 1.99. The first-order valence-electron chi connectivity index (χ1n) is 6.39. The van der Waals surface area contributed by atoms with Crippen LogP contribution in [-0.2, 0) is 14.8 Å². The standard InChI is InChI=1S/C14H21NO4S/c1-14(2,3)10-11(9-13(16)17)15-20(18,19)12-7-5-4-6-8-12/h4-8,11,15H,9-10H2,1-3H3,(H,16,17). The van der Waals surface area contributed by atoms with E-state index >= 15 is 0 Å². The van der Waals surface area contributed by atoms with Gasteiger partial charge >= 0.3 is 5.97 Å². The number of carbonyl (C=O) groups is 1. The zero-order chi connectivity index (χ0) is 15.4. The van der Waals surface area contributed by atoms with E-state index in [1.165, 1.54) is 12.1 Å². The number of benzene rings is 1. The number of carboxylic acids is 1. The lowest BCUT2D eigenvalue weighted by Crippen LogP contribution is -2.39. The maximum Gasteiger partial charge on any atom is 0.304 e. The Morgan fingerprint density at radius 3 is 2.25 bits per heavy atom. The lowest BCUT2D eigenvalue weighted by atomic mass is 9.87. The molecule has 1 unspecified atom stereocenters. The van der Waals surface area contributed by atoms with Crippen molar-refractivity contribution < 1.29 is 18.3 Å². The van der Waals surface area contributed by atoms with Crippen molar-refractivity contribution in [1.29, 1.82) is 0 Å². The molecule has 0 radical (unpaired) electrons. The van der Waals surface area contributed by atoms with Crippen molar-refractivity contribution >= 4 is 16.0 Å². The second kappa shape index (κ2) is 6.37. The predicted octanol–water partition coefficient (Wildman–Crippen LogP) is 2.24. The van der Waals surface area contributed by atoms with Crippen LogP contribution in [0.1, 0.15) is 33.6 Å². The van der Waals surface area contributed by atoms with Gasteiger partial charge in [0.2, 0.25) is 10.0 Å². The zero-order valence-corrected chi connectivity index (χ0v) is 12.8. The van der Waals surface area contributed by atoms with Crippen LogP contribution >= 0.6 is 0 Å². The Labute approximate surface area is 120 Å². The number of hydrogen-bond acceptors (Lipinski definition) is 3. The van der Waals surface area contributed by atoms with E-state index in [1.54, 1.807) is 18.2 Å². The van der Waals surface area contributed by atoms with Gasteiger partial charge in [-0.25, -0.2) is 13.1 Å². The predicted molar refractivity (Wildman–Crippen MR) is 76.9 cm³/mol. The van der Waals surface area contributed by atoms with Crippen molar-refractivity contribution in [2.75, 3.05) is 0 Å². The van der Waals surface area contributed by atoms with E-state index in [0.29, 0.717) is 6.42 Å². The van der Waals surface area contributed by atoms with Gasteiger partial charge in [0.25, 0.3) is 0 Å². The number of carboxylic acid groups (broad SMARTS) is 1. The fourth-order valence-corrected chi connectivity index (χ4v) is 3.25. The highest BCUT2D eigenvalue weighted by atomic mass is 32.2. The molecule has 0 aliphatic carbocycles. The highest BCUT2D eigenvalue weighted by Gasteiger charge is 2.26. The van der Waals surface area contributed by atoms with E-state index in [2.05, 4.69) is 4.72 Å². The summed E-state index contributed by atoms with van der Waals surface area (Å²) in [7, 11) is -3.69. The molecule has 1 atom stereocenters. The van der Waals surface area contributed by atoms with Crippen LogP contribution in [0.4, 0.5) is 0 Å². The first-order chi connectivity index (χ1) is 9.10. The average molecular weight is 299 g/mol. The second-order valence-electron chi connectivity index (χ2n) is 5.99. The lowest BCUT2D eigenvalue weighted by Gasteiger charge is -2.25. The van der Waals surface area contributed by atoms with Gasteiger partial charge in [-0.15, -0.1) is 0 Å². The van der Waals surface area contributed by atoms with E-state index in [4.69, 9.17) is 5.11 Å². The highest BCUT2D eigenvalue weighted by Crippen LogP contribution is 2.23. The van der Waals surface area contributed by atoms with Crippen molar-refractivity contribution in [3.8, 4) is 0 Å². The molecular weight excluding hydrogens is 278 g/mol. The third kappa shape index (κ3) is 5.71. The fraction of sp³-hybridized carbons (Fsp3) is 0.500. The van der Waals surface area contributed by atoms with Gasteiger partial charge in [0, 0.05) is 6.04 Å². The van der Waals surface area contributed by atoms with Gasteiger partial charge in [0.05, 0.1) is 11.3 Å². The van der Waals surface area contributed by atoms with Crippen molar-refractivity contribution in [3.05, 3.63) is 30.3 Å². The third-order valence-electron chi connectivity index (χ3n) is 2.66. The number of rotatable bonds is 6. The monoisotopic (exact) mass is 299 g/mol.